The molecule has 1 unspecified atom stereocenters. The number of para-hydroxylation sites is 1. The molecule has 4 heteroatoms. The van der Waals surface area contributed by atoms with Crippen molar-refractivity contribution < 1.29 is 0 Å². The summed E-state index contributed by atoms with van der Waals surface area (Å²) in [6.07, 6.45) is 5.60. The van der Waals surface area contributed by atoms with Crippen molar-refractivity contribution in [3.63, 3.8) is 0 Å². The topological polar surface area (TPSA) is 55.8 Å². The van der Waals surface area contributed by atoms with Gasteiger partial charge in [-0.2, -0.15) is 0 Å². The van der Waals surface area contributed by atoms with Crippen molar-refractivity contribution in [2.75, 3.05) is 6.54 Å². The quantitative estimate of drug-likeness (QED) is 0.668. The Bertz CT molecular complexity index is 908. The second-order valence-electron chi connectivity index (χ2n) is 6.11. The highest BCUT2D eigenvalue weighted by molar-refractivity contribution is 5.99. The lowest BCUT2D eigenvalue weighted by molar-refractivity contribution is 0.283. The van der Waals surface area contributed by atoms with Gasteiger partial charge in [0.05, 0.1) is 6.04 Å². The van der Waals surface area contributed by atoms with Crippen LogP contribution in [0, 0.1) is 5.41 Å². The molecule has 2 aliphatic heterocycles. The van der Waals surface area contributed by atoms with Gasteiger partial charge in [-0.15, -0.1) is 0 Å². The predicted molar refractivity (Wildman–Crippen MR) is 86.2 cm³/mol. The third-order valence-electron chi connectivity index (χ3n) is 5.03. The predicted octanol–water partition coefficient (Wildman–Crippen LogP) is 3.04. The van der Waals surface area contributed by atoms with E-state index >= 15 is 0 Å². The molecule has 22 heavy (non-hydrogen) atoms. The maximum absolute atomic E-state index is 8.54. The fourth-order valence-corrected chi connectivity index (χ4v) is 3.98. The Morgan fingerprint density at radius 2 is 2.14 bits per heavy atom. The van der Waals surface area contributed by atoms with Crippen molar-refractivity contribution in [1.82, 2.24) is 14.9 Å². The molecule has 2 N–H and O–H groups in total. The third kappa shape index (κ3) is 1.47. The van der Waals surface area contributed by atoms with Crippen LogP contribution in [-0.4, -0.2) is 27.2 Å². The highest BCUT2D eigenvalue weighted by atomic mass is 15.2. The lowest BCUT2D eigenvalue weighted by Gasteiger charge is -2.41. The number of hydrogen-bond donors (Lipinski definition) is 2. The summed E-state index contributed by atoms with van der Waals surface area (Å²) >= 11 is 0. The maximum atomic E-state index is 8.54. The Morgan fingerprint density at radius 3 is 3.09 bits per heavy atom. The lowest BCUT2D eigenvalue weighted by Crippen LogP contribution is -2.44. The van der Waals surface area contributed by atoms with Crippen molar-refractivity contribution in [2.45, 2.75) is 18.9 Å². The van der Waals surface area contributed by atoms with Gasteiger partial charge in [-0.05, 0) is 36.1 Å². The van der Waals surface area contributed by atoms with E-state index in [-0.39, 0.29) is 6.04 Å². The number of pyridine rings is 1. The zero-order valence-electron chi connectivity index (χ0n) is 12.1. The Morgan fingerprint density at radius 1 is 1.23 bits per heavy atom. The molecule has 0 spiro atoms. The van der Waals surface area contributed by atoms with E-state index in [2.05, 4.69) is 45.2 Å². The summed E-state index contributed by atoms with van der Waals surface area (Å²) in [5.74, 6) is 0.614. The fraction of sp³-hybridized carbons (Fsp3) is 0.222. The van der Waals surface area contributed by atoms with Gasteiger partial charge in [0, 0.05) is 41.1 Å². The first kappa shape index (κ1) is 12.0. The summed E-state index contributed by atoms with van der Waals surface area (Å²) in [6, 6.07) is 10.8. The van der Waals surface area contributed by atoms with Crippen molar-refractivity contribution in [3.05, 3.63) is 65.1 Å². The Balaban J connectivity index is 1.71. The summed E-state index contributed by atoms with van der Waals surface area (Å²) in [5.41, 5.74) is 6.15. The first-order valence-corrected chi connectivity index (χ1v) is 7.71. The van der Waals surface area contributed by atoms with E-state index in [1.54, 1.807) is 0 Å². The van der Waals surface area contributed by atoms with Gasteiger partial charge in [0.2, 0.25) is 0 Å². The molecule has 0 amide bonds. The molecule has 1 aromatic carbocycles. The number of aromatic nitrogens is 2. The van der Waals surface area contributed by atoms with Crippen LogP contribution in [0.4, 0.5) is 0 Å². The first-order valence-electron chi connectivity index (χ1n) is 7.71. The molecule has 0 fully saturated rings. The molecule has 2 aliphatic rings. The summed E-state index contributed by atoms with van der Waals surface area (Å²) in [7, 11) is 0. The highest BCUT2D eigenvalue weighted by Crippen LogP contribution is 2.39. The van der Waals surface area contributed by atoms with Gasteiger partial charge >= 0.3 is 0 Å². The molecular formula is C18H16N4. The molecule has 2 aromatic heterocycles. The molecule has 0 aliphatic carbocycles. The second kappa shape index (κ2) is 4.19. The van der Waals surface area contributed by atoms with Crippen LogP contribution in [0.2, 0.25) is 0 Å². The Kier molecular flexibility index (Phi) is 2.28. The van der Waals surface area contributed by atoms with Crippen LogP contribution in [0.25, 0.3) is 10.9 Å². The van der Waals surface area contributed by atoms with Gasteiger partial charge in [0.1, 0.15) is 5.84 Å². The van der Waals surface area contributed by atoms with Gasteiger partial charge in [-0.25, -0.2) is 0 Å². The third-order valence-corrected chi connectivity index (χ3v) is 5.03. The van der Waals surface area contributed by atoms with E-state index in [4.69, 9.17) is 5.41 Å². The maximum Gasteiger partial charge on any atom is 0.130 e. The van der Waals surface area contributed by atoms with Crippen molar-refractivity contribution in [3.8, 4) is 0 Å². The molecule has 0 radical (unpaired) electrons. The molecule has 108 valence electrons. The smallest absolute Gasteiger partial charge is 0.130 e. The zero-order chi connectivity index (χ0) is 14.7. The molecule has 0 saturated carbocycles. The molecule has 5 rings (SSSR count). The van der Waals surface area contributed by atoms with E-state index in [0.29, 0.717) is 5.84 Å². The number of hydrogen-bond acceptors (Lipinski definition) is 2. The van der Waals surface area contributed by atoms with Crippen molar-refractivity contribution in [1.29, 1.82) is 5.41 Å². The standard InChI is InChI=1S/C18H16N4/c19-18-14-10-20-7-5-11(14)9-16-17-13(6-8-22(16)18)12-3-1-2-4-15(12)21-17/h1-5,7,10,16,19,21H,6,8-9H2. The minimum Gasteiger partial charge on any atom is -0.356 e. The number of aromatic amines is 1. The summed E-state index contributed by atoms with van der Waals surface area (Å²) < 4.78 is 0. The highest BCUT2D eigenvalue weighted by Gasteiger charge is 2.36. The molecular weight excluding hydrogens is 272 g/mol. The minimum absolute atomic E-state index is 0.249. The molecule has 0 saturated heterocycles. The van der Waals surface area contributed by atoms with E-state index in [0.717, 1.165) is 24.9 Å². The van der Waals surface area contributed by atoms with E-state index in [1.807, 2.05) is 12.4 Å². The second-order valence-corrected chi connectivity index (χ2v) is 6.11. The SMILES string of the molecule is N=C1c2cnccc2CC2c3[nH]c4ccccc4c3CCN12. The van der Waals surface area contributed by atoms with Crippen LogP contribution in [0.5, 0.6) is 0 Å². The van der Waals surface area contributed by atoms with E-state index < -0.39 is 0 Å². The molecule has 4 nitrogen and oxygen atoms in total. The largest absolute Gasteiger partial charge is 0.356 e. The summed E-state index contributed by atoms with van der Waals surface area (Å²) in [6.45, 7) is 0.909. The number of nitrogens with one attached hydrogen (secondary N) is 2. The molecule has 3 aromatic rings. The average Bonchev–Trinajstić information content (AvgIpc) is 2.94. The summed E-state index contributed by atoms with van der Waals surface area (Å²) in [4.78, 5) is 10.0. The van der Waals surface area contributed by atoms with Crippen LogP contribution in [0.15, 0.2) is 42.7 Å². The average molecular weight is 288 g/mol. The molecule has 0 bridgehead atoms. The number of nitrogens with zero attached hydrogens (tertiary/aromatic N) is 2. The molecule has 4 heterocycles. The van der Waals surface area contributed by atoms with Gasteiger partial charge in [0.25, 0.3) is 0 Å². The van der Waals surface area contributed by atoms with Crippen LogP contribution in [0.3, 0.4) is 0 Å². The number of H-pyrrole nitrogens is 1. The van der Waals surface area contributed by atoms with Crippen LogP contribution < -0.4 is 0 Å². The van der Waals surface area contributed by atoms with Crippen LogP contribution >= 0.6 is 0 Å². The zero-order valence-corrected chi connectivity index (χ0v) is 12.1. The monoisotopic (exact) mass is 288 g/mol. The number of benzene rings is 1. The lowest BCUT2D eigenvalue weighted by atomic mass is 9.87. The van der Waals surface area contributed by atoms with Gasteiger partial charge in [0.15, 0.2) is 0 Å². The van der Waals surface area contributed by atoms with E-state index in [9.17, 15) is 0 Å². The fourth-order valence-electron chi connectivity index (χ4n) is 3.98. The first-order chi connectivity index (χ1) is 10.8. The van der Waals surface area contributed by atoms with E-state index in [1.165, 1.54) is 27.7 Å². The Labute approximate surface area is 128 Å². The Hall–Kier alpha value is -2.62. The number of rotatable bonds is 0. The molecule has 1 atom stereocenters. The number of fused-ring (bicyclic) bond motifs is 6. The van der Waals surface area contributed by atoms with Gasteiger partial charge < -0.3 is 9.88 Å². The minimum atomic E-state index is 0.249. The van der Waals surface area contributed by atoms with Gasteiger partial charge in [-0.3, -0.25) is 10.4 Å². The van der Waals surface area contributed by atoms with Gasteiger partial charge in [-0.1, -0.05) is 18.2 Å². The van der Waals surface area contributed by atoms with Crippen molar-refractivity contribution in [2.24, 2.45) is 0 Å². The van der Waals surface area contributed by atoms with Crippen molar-refractivity contribution >= 4 is 16.7 Å². The van der Waals surface area contributed by atoms with Crippen LogP contribution in [0.1, 0.15) is 28.4 Å². The summed E-state index contributed by atoms with van der Waals surface area (Å²) in [5, 5.41) is 9.88. The van der Waals surface area contributed by atoms with Crippen LogP contribution in [-0.2, 0) is 12.8 Å². The number of amidine groups is 1. The normalized spacial score (nSPS) is 19.7.